The SMILES string of the molecule is C1CCCCCCC1.CC1CCC1. The van der Waals surface area contributed by atoms with Crippen molar-refractivity contribution < 1.29 is 0 Å². The maximum absolute atomic E-state index is 2.31. The van der Waals surface area contributed by atoms with E-state index in [0.29, 0.717) is 0 Å². The van der Waals surface area contributed by atoms with Gasteiger partial charge in [0.2, 0.25) is 0 Å². The fraction of sp³-hybridized carbons (Fsp3) is 1.00. The fourth-order valence-electron chi connectivity index (χ4n) is 2.03. The van der Waals surface area contributed by atoms with E-state index >= 15 is 0 Å². The van der Waals surface area contributed by atoms with Crippen molar-refractivity contribution in [3.8, 4) is 0 Å². The molecule has 13 heavy (non-hydrogen) atoms. The van der Waals surface area contributed by atoms with Gasteiger partial charge in [-0.3, -0.25) is 0 Å². The molecule has 2 rings (SSSR count). The van der Waals surface area contributed by atoms with E-state index in [9.17, 15) is 0 Å². The van der Waals surface area contributed by atoms with E-state index in [2.05, 4.69) is 6.92 Å². The smallest absolute Gasteiger partial charge is 0.0443 e. The Bertz CT molecular complexity index is 78.6. The molecule has 0 aliphatic heterocycles. The van der Waals surface area contributed by atoms with Crippen LogP contribution in [0.15, 0.2) is 0 Å². The maximum Gasteiger partial charge on any atom is -0.0443 e. The van der Waals surface area contributed by atoms with Crippen LogP contribution in [0.1, 0.15) is 77.6 Å². The van der Waals surface area contributed by atoms with Crippen molar-refractivity contribution in [1.29, 1.82) is 0 Å². The molecule has 0 saturated heterocycles. The van der Waals surface area contributed by atoms with Crippen LogP contribution in [0.4, 0.5) is 0 Å². The molecule has 2 aliphatic rings. The first kappa shape index (κ1) is 11.1. The molecule has 0 nitrogen and oxygen atoms in total. The van der Waals surface area contributed by atoms with Crippen LogP contribution in [0.25, 0.3) is 0 Å². The molecule has 0 heterocycles. The van der Waals surface area contributed by atoms with E-state index in [-0.39, 0.29) is 0 Å². The highest BCUT2D eigenvalue weighted by molar-refractivity contribution is 4.62. The first-order valence-electron chi connectivity index (χ1n) is 6.39. The van der Waals surface area contributed by atoms with Gasteiger partial charge in [-0.05, 0) is 5.92 Å². The molecule has 0 bridgehead atoms. The fourth-order valence-corrected chi connectivity index (χ4v) is 2.03. The van der Waals surface area contributed by atoms with E-state index in [4.69, 9.17) is 0 Å². The van der Waals surface area contributed by atoms with Crippen molar-refractivity contribution in [3.63, 3.8) is 0 Å². The second-order valence-corrected chi connectivity index (χ2v) is 4.86. The Morgan fingerprint density at radius 3 is 0.846 bits per heavy atom. The lowest BCUT2D eigenvalue weighted by Crippen LogP contribution is -2.04. The van der Waals surface area contributed by atoms with E-state index in [1.165, 1.54) is 70.6 Å². The van der Waals surface area contributed by atoms with Gasteiger partial charge < -0.3 is 0 Å². The van der Waals surface area contributed by atoms with Gasteiger partial charge in [0.05, 0.1) is 0 Å². The Labute approximate surface area is 84.1 Å². The van der Waals surface area contributed by atoms with Crippen LogP contribution < -0.4 is 0 Å². The molecule has 2 saturated carbocycles. The molecule has 0 unspecified atom stereocenters. The van der Waals surface area contributed by atoms with E-state index in [1.54, 1.807) is 0 Å². The summed E-state index contributed by atoms with van der Waals surface area (Å²) < 4.78 is 0. The van der Waals surface area contributed by atoms with Gasteiger partial charge in [0.25, 0.3) is 0 Å². The number of hydrogen-bond acceptors (Lipinski definition) is 0. The highest BCUT2D eigenvalue weighted by Crippen LogP contribution is 2.24. The normalized spacial score (nSPS) is 24.7. The van der Waals surface area contributed by atoms with Crippen LogP contribution in [0, 0.1) is 5.92 Å². The van der Waals surface area contributed by atoms with Crippen LogP contribution in [0.2, 0.25) is 0 Å². The average Bonchev–Trinajstić information content (AvgIpc) is 2.00. The second-order valence-electron chi connectivity index (χ2n) is 4.86. The van der Waals surface area contributed by atoms with E-state index in [1.807, 2.05) is 0 Å². The largest absolute Gasteiger partial charge is 0.0625 e. The third-order valence-corrected chi connectivity index (χ3v) is 3.39. The summed E-state index contributed by atoms with van der Waals surface area (Å²) in [5, 5.41) is 0. The topological polar surface area (TPSA) is 0 Å². The summed E-state index contributed by atoms with van der Waals surface area (Å²) in [6.07, 6.45) is 16.5. The highest BCUT2D eigenvalue weighted by Gasteiger charge is 2.09. The zero-order valence-corrected chi connectivity index (χ0v) is 9.36. The summed E-state index contributed by atoms with van der Waals surface area (Å²) in [7, 11) is 0. The minimum atomic E-state index is 1.06. The Kier molecular flexibility index (Phi) is 6.31. The second kappa shape index (κ2) is 7.41. The Morgan fingerprint density at radius 1 is 0.538 bits per heavy atom. The molecule has 0 heteroatoms. The lowest BCUT2D eigenvalue weighted by Gasteiger charge is -2.18. The molecule has 0 N–H and O–H groups in total. The Hall–Kier alpha value is 0. The molecule has 2 fully saturated rings. The Morgan fingerprint density at radius 2 is 0.769 bits per heavy atom. The van der Waals surface area contributed by atoms with Crippen molar-refractivity contribution >= 4 is 0 Å². The van der Waals surface area contributed by atoms with Crippen LogP contribution in [0.5, 0.6) is 0 Å². The van der Waals surface area contributed by atoms with Gasteiger partial charge in [0.15, 0.2) is 0 Å². The maximum atomic E-state index is 2.31. The number of hydrogen-bond donors (Lipinski definition) is 0. The van der Waals surface area contributed by atoms with Gasteiger partial charge in [-0.2, -0.15) is 0 Å². The summed E-state index contributed by atoms with van der Waals surface area (Å²) in [5.74, 6) is 1.06. The average molecular weight is 182 g/mol. The van der Waals surface area contributed by atoms with Crippen molar-refractivity contribution in [3.05, 3.63) is 0 Å². The predicted octanol–water partition coefficient (Wildman–Crippen LogP) is 4.93. The van der Waals surface area contributed by atoms with Gasteiger partial charge in [0.1, 0.15) is 0 Å². The molecule has 0 atom stereocenters. The molecular weight excluding hydrogens is 156 g/mol. The first-order valence-corrected chi connectivity index (χ1v) is 6.39. The Balaban J connectivity index is 0.000000145. The summed E-state index contributed by atoms with van der Waals surface area (Å²) in [4.78, 5) is 0. The van der Waals surface area contributed by atoms with Crippen molar-refractivity contribution in [2.24, 2.45) is 5.92 Å². The van der Waals surface area contributed by atoms with Crippen LogP contribution >= 0.6 is 0 Å². The van der Waals surface area contributed by atoms with E-state index < -0.39 is 0 Å². The molecule has 0 radical (unpaired) electrons. The van der Waals surface area contributed by atoms with Crippen LogP contribution in [-0.2, 0) is 0 Å². The molecule has 0 aromatic carbocycles. The minimum absolute atomic E-state index is 1.06. The lowest BCUT2D eigenvalue weighted by molar-refractivity contribution is 0.346. The third-order valence-electron chi connectivity index (χ3n) is 3.39. The minimum Gasteiger partial charge on any atom is -0.0625 e. The molecule has 0 amide bonds. The quantitative estimate of drug-likeness (QED) is 0.498. The molecule has 0 aromatic heterocycles. The van der Waals surface area contributed by atoms with Gasteiger partial charge in [-0.1, -0.05) is 77.6 Å². The van der Waals surface area contributed by atoms with Gasteiger partial charge in [-0.15, -0.1) is 0 Å². The molecule has 0 spiro atoms. The molecule has 0 aromatic rings. The molecule has 2 aliphatic carbocycles. The van der Waals surface area contributed by atoms with Gasteiger partial charge >= 0.3 is 0 Å². The monoisotopic (exact) mass is 182 g/mol. The predicted molar refractivity (Wildman–Crippen MR) is 60.0 cm³/mol. The molecular formula is C13H26. The van der Waals surface area contributed by atoms with Crippen LogP contribution in [-0.4, -0.2) is 0 Å². The van der Waals surface area contributed by atoms with Gasteiger partial charge in [0, 0.05) is 0 Å². The summed E-state index contributed by atoms with van der Waals surface area (Å²) >= 11 is 0. The van der Waals surface area contributed by atoms with E-state index in [0.717, 1.165) is 5.92 Å². The molecule has 78 valence electrons. The van der Waals surface area contributed by atoms with Crippen molar-refractivity contribution in [2.45, 2.75) is 77.6 Å². The summed E-state index contributed by atoms with van der Waals surface area (Å²) in [6.45, 7) is 2.31. The summed E-state index contributed by atoms with van der Waals surface area (Å²) in [5.41, 5.74) is 0. The third kappa shape index (κ3) is 6.12. The standard InChI is InChI=1S/C8H16.C5H10/c1-2-4-6-8-7-5-3-1;1-5-3-2-4-5/h1-8H2;5H,2-4H2,1H3. The first-order chi connectivity index (χ1) is 6.39. The van der Waals surface area contributed by atoms with Gasteiger partial charge in [-0.25, -0.2) is 0 Å². The lowest BCUT2D eigenvalue weighted by atomic mass is 9.88. The van der Waals surface area contributed by atoms with Crippen LogP contribution in [0.3, 0.4) is 0 Å². The zero-order valence-electron chi connectivity index (χ0n) is 9.36. The highest BCUT2D eigenvalue weighted by atomic mass is 14.1. The number of rotatable bonds is 0. The zero-order chi connectivity index (χ0) is 9.36. The summed E-state index contributed by atoms with van der Waals surface area (Å²) in [6, 6.07) is 0. The van der Waals surface area contributed by atoms with Crippen molar-refractivity contribution in [2.75, 3.05) is 0 Å². The van der Waals surface area contributed by atoms with Crippen molar-refractivity contribution in [1.82, 2.24) is 0 Å².